The van der Waals surface area contributed by atoms with Gasteiger partial charge in [-0.2, -0.15) is 0 Å². The lowest BCUT2D eigenvalue weighted by Gasteiger charge is -2.28. The lowest BCUT2D eigenvalue weighted by Crippen LogP contribution is -2.43. The number of esters is 1. The number of unbranched alkanes of at least 4 members (excludes halogenated alkanes) is 3. The smallest absolute Gasteiger partial charge is 0.307 e. The zero-order valence-corrected chi connectivity index (χ0v) is 22.0. The van der Waals surface area contributed by atoms with Crippen LogP contribution in [0, 0.1) is 0 Å². The third-order valence-electron chi connectivity index (χ3n) is 4.86. The highest BCUT2D eigenvalue weighted by atomic mass is 16.5. The molecule has 0 spiro atoms. The molecular weight excluding hydrogens is 426 g/mol. The van der Waals surface area contributed by atoms with Gasteiger partial charge in [0.25, 0.3) is 0 Å². The van der Waals surface area contributed by atoms with Crippen LogP contribution in [-0.2, 0) is 14.3 Å². The fourth-order valence-electron chi connectivity index (χ4n) is 3.27. The number of nitrogens with zero attached hydrogens (tertiary/aromatic N) is 1. The van der Waals surface area contributed by atoms with E-state index in [0.717, 1.165) is 57.8 Å². The maximum absolute atomic E-state index is 12.0. The average molecular weight is 475 g/mol. The van der Waals surface area contributed by atoms with Crippen LogP contribution < -0.4 is 0 Å². The number of allylic oxidation sites excluding steroid dienone is 10. The summed E-state index contributed by atoms with van der Waals surface area (Å²) in [6.45, 7) is 2.63. The number of carboxylic acid groups (broad SMARTS) is 1. The van der Waals surface area contributed by atoms with Crippen LogP contribution in [0.25, 0.3) is 0 Å². The molecule has 0 radical (unpaired) electrons. The van der Waals surface area contributed by atoms with Gasteiger partial charge in [0.15, 0.2) is 6.10 Å². The largest absolute Gasteiger partial charge is 0.481 e. The van der Waals surface area contributed by atoms with Gasteiger partial charge in [-0.05, 0) is 51.4 Å². The summed E-state index contributed by atoms with van der Waals surface area (Å²) in [5.74, 6) is -1.24. The lowest BCUT2D eigenvalue weighted by molar-refractivity contribution is -0.873. The zero-order valence-electron chi connectivity index (χ0n) is 22.0. The van der Waals surface area contributed by atoms with Gasteiger partial charge in [0, 0.05) is 6.42 Å². The van der Waals surface area contributed by atoms with Gasteiger partial charge in [0.05, 0.1) is 27.6 Å². The molecule has 0 saturated heterocycles. The Kier molecular flexibility index (Phi) is 19.7. The maximum Gasteiger partial charge on any atom is 0.307 e. The fraction of sp³-hybridized carbons (Fsp3) is 0.586. The highest BCUT2D eigenvalue weighted by Gasteiger charge is 2.24. The molecule has 0 aliphatic carbocycles. The van der Waals surface area contributed by atoms with E-state index in [-0.39, 0.29) is 12.4 Å². The van der Waals surface area contributed by atoms with E-state index in [1.807, 2.05) is 21.1 Å². The molecule has 0 aromatic carbocycles. The maximum atomic E-state index is 12.0. The van der Waals surface area contributed by atoms with E-state index in [0.29, 0.717) is 17.4 Å². The molecule has 0 rings (SSSR count). The van der Waals surface area contributed by atoms with Gasteiger partial charge in [-0.25, -0.2) is 0 Å². The minimum Gasteiger partial charge on any atom is -0.481 e. The monoisotopic (exact) mass is 474 g/mol. The number of carboxylic acids is 1. The molecule has 192 valence electrons. The molecule has 0 saturated carbocycles. The molecule has 0 aromatic rings. The van der Waals surface area contributed by atoms with Crippen LogP contribution in [0.15, 0.2) is 60.8 Å². The highest BCUT2D eigenvalue weighted by Crippen LogP contribution is 2.10. The molecule has 0 aromatic heterocycles. The summed E-state index contributed by atoms with van der Waals surface area (Å²) in [5, 5.41) is 9.02. The number of likely N-dealkylation sites (N-methyl/N-ethyl adjacent to an activating group) is 1. The number of hydrogen-bond acceptors (Lipinski definition) is 3. The van der Waals surface area contributed by atoms with Gasteiger partial charge in [0.1, 0.15) is 6.54 Å². The summed E-state index contributed by atoms with van der Waals surface area (Å²) in [7, 11) is 5.87. The van der Waals surface area contributed by atoms with Crippen molar-refractivity contribution in [3.63, 3.8) is 0 Å². The zero-order chi connectivity index (χ0) is 25.5. The molecular formula is C29H48NO4+. The quantitative estimate of drug-likeness (QED) is 0.0914. The van der Waals surface area contributed by atoms with Crippen LogP contribution in [0.5, 0.6) is 0 Å². The van der Waals surface area contributed by atoms with Crippen molar-refractivity contribution >= 4 is 11.9 Å². The third kappa shape index (κ3) is 24.2. The van der Waals surface area contributed by atoms with Crippen molar-refractivity contribution in [3.05, 3.63) is 60.8 Å². The molecule has 34 heavy (non-hydrogen) atoms. The van der Waals surface area contributed by atoms with Crippen LogP contribution in [0.4, 0.5) is 0 Å². The van der Waals surface area contributed by atoms with Crippen LogP contribution in [0.3, 0.4) is 0 Å². The Morgan fingerprint density at radius 2 is 1.26 bits per heavy atom. The van der Waals surface area contributed by atoms with E-state index in [9.17, 15) is 9.59 Å². The number of carbonyl (C=O) groups is 2. The highest BCUT2D eigenvalue weighted by molar-refractivity contribution is 5.71. The van der Waals surface area contributed by atoms with Gasteiger partial charge in [-0.3, -0.25) is 9.59 Å². The molecule has 5 heteroatoms. The molecule has 5 nitrogen and oxygen atoms in total. The molecule has 0 heterocycles. The number of ether oxygens (including phenoxy) is 1. The number of carbonyl (C=O) groups excluding carboxylic acids is 1. The number of hydrogen-bond donors (Lipinski definition) is 1. The van der Waals surface area contributed by atoms with Crippen molar-refractivity contribution in [1.29, 1.82) is 0 Å². The Balaban J connectivity index is 3.79. The Bertz CT molecular complexity index is 681. The van der Waals surface area contributed by atoms with Gasteiger partial charge < -0.3 is 14.3 Å². The van der Waals surface area contributed by atoms with E-state index in [1.165, 1.54) is 0 Å². The SMILES string of the molecule is CC/C=C\C/C=C\C/C=C\C/C=C\C/C=C\CCCCCC(=O)OC(CC(=O)O)C[N+](C)(C)C. The summed E-state index contributed by atoms with van der Waals surface area (Å²) in [4.78, 5) is 23.1. The molecule has 0 amide bonds. The first-order valence-corrected chi connectivity index (χ1v) is 12.7. The summed E-state index contributed by atoms with van der Waals surface area (Å²) in [6, 6.07) is 0. The predicted molar refractivity (Wildman–Crippen MR) is 143 cm³/mol. The Hall–Kier alpha value is -2.40. The van der Waals surface area contributed by atoms with Crippen LogP contribution in [0.1, 0.15) is 77.6 Å². The van der Waals surface area contributed by atoms with Gasteiger partial charge >= 0.3 is 11.9 Å². The van der Waals surface area contributed by atoms with E-state index < -0.39 is 12.1 Å². The summed E-state index contributed by atoms with van der Waals surface area (Å²) in [5.41, 5.74) is 0. The summed E-state index contributed by atoms with van der Waals surface area (Å²) in [6.07, 6.45) is 30.4. The van der Waals surface area contributed by atoms with Crippen molar-refractivity contribution in [2.75, 3.05) is 27.7 Å². The van der Waals surface area contributed by atoms with E-state index >= 15 is 0 Å². The van der Waals surface area contributed by atoms with E-state index in [2.05, 4.69) is 67.7 Å². The Labute approximate surface area is 208 Å². The first-order valence-electron chi connectivity index (χ1n) is 12.7. The molecule has 0 aliphatic heterocycles. The van der Waals surface area contributed by atoms with Crippen molar-refractivity contribution in [2.24, 2.45) is 0 Å². The molecule has 1 atom stereocenters. The number of rotatable bonds is 20. The molecule has 1 N–H and O–H groups in total. The molecule has 0 fully saturated rings. The van der Waals surface area contributed by atoms with Crippen molar-refractivity contribution in [3.8, 4) is 0 Å². The summed E-state index contributed by atoms with van der Waals surface area (Å²) >= 11 is 0. The van der Waals surface area contributed by atoms with Gasteiger partial charge in [0.2, 0.25) is 0 Å². The van der Waals surface area contributed by atoms with Gasteiger partial charge in [-0.15, -0.1) is 0 Å². The first kappa shape index (κ1) is 31.6. The third-order valence-corrected chi connectivity index (χ3v) is 4.86. The van der Waals surface area contributed by atoms with Crippen LogP contribution >= 0.6 is 0 Å². The Morgan fingerprint density at radius 3 is 1.74 bits per heavy atom. The number of aliphatic carboxylic acids is 1. The van der Waals surface area contributed by atoms with Gasteiger partial charge in [-0.1, -0.05) is 74.1 Å². The van der Waals surface area contributed by atoms with Crippen molar-refractivity contribution in [2.45, 2.75) is 83.7 Å². The standard InChI is InChI=1S/C29H47NO4/c1-5-6-7-8-9-10-11-12-13-14-15-16-17-18-19-20-21-22-23-24-29(33)34-27(25-28(31)32)26-30(2,3)4/h6-7,9-10,12-13,15-16,18-19,27H,5,8,11,14,17,20-26H2,1-4H3/p+1/b7-6-,10-9-,13-12-,16-15-,19-18-. The van der Waals surface area contributed by atoms with E-state index in [4.69, 9.17) is 9.84 Å². The van der Waals surface area contributed by atoms with Crippen LogP contribution in [-0.4, -0.2) is 55.3 Å². The second-order valence-electron chi connectivity index (χ2n) is 9.49. The Morgan fingerprint density at radius 1 is 0.765 bits per heavy atom. The molecule has 0 bridgehead atoms. The average Bonchev–Trinajstić information content (AvgIpc) is 2.73. The fourth-order valence-corrected chi connectivity index (χ4v) is 3.27. The van der Waals surface area contributed by atoms with Crippen molar-refractivity contribution < 1.29 is 23.9 Å². The van der Waals surface area contributed by atoms with Crippen LogP contribution in [0.2, 0.25) is 0 Å². The minimum absolute atomic E-state index is 0.147. The normalized spacial score (nSPS) is 13.8. The second-order valence-corrected chi connectivity index (χ2v) is 9.49. The number of quaternary nitrogens is 1. The van der Waals surface area contributed by atoms with Crippen molar-refractivity contribution in [1.82, 2.24) is 0 Å². The molecule has 1 unspecified atom stereocenters. The first-order chi connectivity index (χ1) is 16.2. The molecule has 0 aliphatic rings. The minimum atomic E-state index is -0.941. The van der Waals surface area contributed by atoms with E-state index in [1.54, 1.807) is 0 Å². The lowest BCUT2D eigenvalue weighted by atomic mass is 10.1. The second kappa shape index (κ2) is 21.2. The predicted octanol–water partition coefficient (Wildman–Crippen LogP) is 6.78. The topological polar surface area (TPSA) is 63.6 Å². The summed E-state index contributed by atoms with van der Waals surface area (Å²) < 4.78 is 5.96.